The molecule has 0 amide bonds. The Morgan fingerprint density at radius 2 is 1.80 bits per heavy atom. The number of rotatable bonds is 5. The number of benzene rings is 2. The summed E-state index contributed by atoms with van der Waals surface area (Å²) in [6.45, 7) is 4.92. The van der Waals surface area contributed by atoms with E-state index < -0.39 is 0 Å². The number of nitrogens with one attached hydrogen (secondary N) is 1. The maximum Gasteiger partial charge on any atom is 0.208 e. The minimum atomic E-state index is 0.862. The molecule has 2 heterocycles. The Hall–Kier alpha value is -2.37. The van der Waals surface area contributed by atoms with Crippen molar-refractivity contribution in [3.8, 4) is 0 Å². The zero-order valence-electron chi connectivity index (χ0n) is 14.6. The second-order valence-corrected chi connectivity index (χ2v) is 6.51. The minimum Gasteiger partial charge on any atom is -0.379 e. The van der Waals surface area contributed by atoms with Gasteiger partial charge in [-0.05, 0) is 36.2 Å². The van der Waals surface area contributed by atoms with Crippen molar-refractivity contribution in [2.75, 3.05) is 38.2 Å². The number of ether oxygens (including phenoxy) is 1. The summed E-state index contributed by atoms with van der Waals surface area (Å²) in [5.41, 5.74) is 4.57. The summed E-state index contributed by atoms with van der Waals surface area (Å²) in [6, 6.07) is 16.8. The molecule has 130 valence electrons. The average molecular weight is 336 g/mol. The summed E-state index contributed by atoms with van der Waals surface area (Å²) >= 11 is 0. The number of aryl methyl sites for hydroxylation is 1. The van der Waals surface area contributed by atoms with Crippen LogP contribution in [0.3, 0.4) is 0 Å². The SMILES string of the molecule is Cn1c(Nc2ccc(CCN3CCOCC3)cc2)nc2ccccc21. The number of aromatic nitrogens is 2. The smallest absolute Gasteiger partial charge is 0.208 e. The highest BCUT2D eigenvalue weighted by atomic mass is 16.5. The Labute approximate surface area is 148 Å². The zero-order chi connectivity index (χ0) is 17.1. The number of anilines is 2. The zero-order valence-corrected chi connectivity index (χ0v) is 14.6. The average Bonchev–Trinajstić information content (AvgIpc) is 2.98. The summed E-state index contributed by atoms with van der Waals surface area (Å²) in [5, 5.41) is 3.42. The van der Waals surface area contributed by atoms with Gasteiger partial charge < -0.3 is 14.6 Å². The number of fused-ring (bicyclic) bond motifs is 1. The van der Waals surface area contributed by atoms with Crippen molar-refractivity contribution in [3.05, 3.63) is 54.1 Å². The van der Waals surface area contributed by atoms with E-state index in [4.69, 9.17) is 4.74 Å². The molecule has 0 spiro atoms. The summed E-state index contributed by atoms with van der Waals surface area (Å²) < 4.78 is 7.48. The molecule has 1 N–H and O–H groups in total. The van der Waals surface area contributed by atoms with Crippen LogP contribution in [0.2, 0.25) is 0 Å². The first kappa shape index (κ1) is 16.1. The minimum absolute atomic E-state index is 0.862. The number of hydrogen-bond donors (Lipinski definition) is 1. The van der Waals surface area contributed by atoms with Gasteiger partial charge in [-0.1, -0.05) is 24.3 Å². The number of morpholine rings is 1. The van der Waals surface area contributed by atoms with E-state index in [1.165, 1.54) is 5.56 Å². The Morgan fingerprint density at radius 1 is 1.04 bits per heavy atom. The van der Waals surface area contributed by atoms with E-state index >= 15 is 0 Å². The second-order valence-electron chi connectivity index (χ2n) is 6.51. The predicted molar refractivity (Wildman–Crippen MR) is 101 cm³/mol. The molecule has 0 radical (unpaired) electrons. The fraction of sp³-hybridized carbons (Fsp3) is 0.350. The summed E-state index contributed by atoms with van der Waals surface area (Å²) in [6.07, 6.45) is 1.08. The first-order valence-electron chi connectivity index (χ1n) is 8.87. The van der Waals surface area contributed by atoms with Gasteiger partial charge in [-0.25, -0.2) is 4.98 Å². The molecule has 1 fully saturated rings. The van der Waals surface area contributed by atoms with Crippen LogP contribution in [0.25, 0.3) is 11.0 Å². The van der Waals surface area contributed by atoms with Crippen molar-refractivity contribution in [2.24, 2.45) is 7.05 Å². The number of nitrogens with zero attached hydrogens (tertiary/aromatic N) is 3. The monoisotopic (exact) mass is 336 g/mol. The molecule has 0 aliphatic carbocycles. The van der Waals surface area contributed by atoms with Crippen LogP contribution >= 0.6 is 0 Å². The fourth-order valence-corrected chi connectivity index (χ4v) is 3.25. The molecule has 0 atom stereocenters. The Bertz CT molecular complexity index is 835. The second kappa shape index (κ2) is 7.25. The summed E-state index contributed by atoms with van der Waals surface area (Å²) in [4.78, 5) is 7.13. The van der Waals surface area contributed by atoms with Gasteiger partial charge in [-0.3, -0.25) is 4.90 Å². The highest BCUT2D eigenvalue weighted by Crippen LogP contribution is 2.21. The molecule has 4 rings (SSSR count). The molecule has 1 saturated heterocycles. The highest BCUT2D eigenvalue weighted by molar-refractivity contribution is 5.79. The first-order valence-corrected chi connectivity index (χ1v) is 8.87. The molecular formula is C20H24N4O. The Balaban J connectivity index is 1.40. The van der Waals surface area contributed by atoms with E-state index in [0.717, 1.165) is 61.9 Å². The lowest BCUT2D eigenvalue weighted by Crippen LogP contribution is -2.37. The summed E-state index contributed by atoms with van der Waals surface area (Å²) in [7, 11) is 2.04. The lowest BCUT2D eigenvalue weighted by molar-refractivity contribution is 0.0384. The fourth-order valence-electron chi connectivity index (χ4n) is 3.25. The quantitative estimate of drug-likeness (QED) is 0.777. The molecule has 0 saturated carbocycles. The van der Waals surface area contributed by atoms with Crippen molar-refractivity contribution in [3.63, 3.8) is 0 Å². The van der Waals surface area contributed by atoms with E-state index in [1.54, 1.807) is 0 Å². The van der Waals surface area contributed by atoms with Crippen molar-refractivity contribution in [1.29, 1.82) is 0 Å². The van der Waals surface area contributed by atoms with Crippen LogP contribution < -0.4 is 5.32 Å². The van der Waals surface area contributed by atoms with Gasteiger partial charge in [0.15, 0.2) is 0 Å². The Morgan fingerprint density at radius 3 is 2.56 bits per heavy atom. The van der Waals surface area contributed by atoms with Gasteiger partial charge in [0.05, 0.1) is 24.2 Å². The van der Waals surface area contributed by atoms with Crippen molar-refractivity contribution in [2.45, 2.75) is 6.42 Å². The van der Waals surface area contributed by atoms with E-state index in [1.807, 2.05) is 25.2 Å². The van der Waals surface area contributed by atoms with E-state index in [0.29, 0.717) is 0 Å². The third-order valence-corrected chi connectivity index (χ3v) is 4.82. The van der Waals surface area contributed by atoms with Crippen LogP contribution in [0.1, 0.15) is 5.56 Å². The number of para-hydroxylation sites is 2. The van der Waals surface area contributed by atoms with E-state index in [2.05, 4.69) is 50.1 Å². The molecule has 0 unspecified atom stereocenters. The van der Waals surface area contributed by atoms with Crippen molar-refractivity contribution < 1.29 is 4.74 Å². The van der Waals surface area contributed by atoms with E-state index in [-0.39, 0.29) is 0 Å². The van der Waals surface area contributed by atoms with Crippen LogP contribution in [-0.2, 0) is 18.2 Å². The molecule has 3 aromatic rings. The number of hydrogen-bond acceptors (Lipinski definition) is 4. The highest BCUT2D eigenvalue weighted by Gasteiger charge is 2.10. The predicted octanol–water partition coefficient (Wildman–Crippen LogP) is 3.19. The molecule has 1 aromatic heterocycles. The largest absolute Gasteiger partial charge is 0.379 e. The molecule has 5 nitrogen and oxygen atoms in total. The molecular weight excluding hydrogens is 312 g/mol. The summed E-state index contributed by atoms with van der Waals surface area (Å²) in [5.74, 6) is 0.863. The Kier molecular flexibility index (Phi) is 4.68. The number of imidazole rings is 1. The maximum absolute atomic E-state index is 5.40. The van der Waals surface area contributed by atoms with Crippen LogP contribution in [0.15, 0.2) is 48.5 Å². The maximum atomic E-state index is 5.40. The normalized spacial score (nSPS) is 15.6. The van der Waals surface area contributed by atoms with Crippen LogP contribution in [0, 0.1) is 0 Å². The molecule has 0 bridgehead atoms. The third kappa shape index (κ3) is 3.67. The van der Waals surface area contributed by atoms with Gasteiger partial charge in [0.25, 0.3) is 0 Å². The van der Waals surface area contributed by atoms with Crippen LogP contribution in [-0.4, -0.2) is 47.3 Å². The van der Waals surface area contributed by atoms with Gasteiger partial charge in [0, 0.05) is 32.4 Å². The molecule has 1 aliphatic rings. The van der Waals surface area contributed by atoms with Gasteiger partial charge in [-0.2, -0.15) is 0 Å². The van der Waals surface area contributed by atoms with Crippen molar-refractivity contribution >= 4 is 22.7 Å². The molecule has 2 aromatic carbocycles. The topological polar surface area (TPSA) is 42.3 Å². The van der Waals surface area contributed by atoms with Crippen LogP contribution in [0.4, 0.5) is 11.6 Å². The lowest BCUT2D eigenvalue weighted by atomic mass is 10.1. The molecule has 5 heteroatoms. The third-order valence-electron chi connectivity index (χ3n) is 4.82. The van der Waals surface area contributed by atoms with Crippen LogP contribution in [0.5, 0.6) is 0 Å². The van der Waals surface area contributed by atoms with Gasteiger partial charge in [-0.15, -0.1) is 0 Å². The molecule has 25 heavy (non-hydrogen) atoms. The van der Waals surface area contributed by atoms with Gasteiger partial charge >= 0.3 is 0 Å². The lowest BCUT2D eigenvalue weighted by Gasteiger charge is -2.26. The van der Waals surface area contributed by atoms with E-state index in [9.17, 15) is 0 Å². The van der Waals surface area contributed by atoms with Gasteiger partial charge in [0.2, 0.25) is 5.95 Å². The molecule has 1 aliphatic heterocycles. The van der Waals surface area contributed by atoms with Gasteiger partial charge in [0.1, 0.15) is 0 Å². The van der Waals surface area contributed by atoms with Crippen molar-refractivity contribution in [1.82, 2.24) is 14.5 Å². The first-order chi connectivity index (χ1) is 12.3. The standard InChI is InChI=1S/C20H24N4O/c1-23-19-5-3-2-4-18(19)22-20(23)21-17-8-6-16(7-9-17)10-11-24-12-14-25-15-13-24/h2-9H,10-15H2,1H3,(H,21,22).